The van der Waals surface area contributed by atoms with Crippen molar-refractivity contribution in [2.45, 2.75) is 24.7 Å². The van der Waals surface area contributed by atoms with Gasteiger partial charge in [-0.05, 0) is 96.1 Å². The van der Waals surface area contributed by atoms with Gasteiger partial charge in [0.2, 0.25) is 0 Å². The van der Waals surface area contributed by atoms with E-state index in [1.165, 1.54) is 77.9 Å². The van der Waals surface area contributed by atoms with Crippen LogP contribution in [0.3, 0.4) is 0 Å². The Morgan fingerprint density at radius 1 is 0.415 bits per heavy atom. The largest absolute Gasteiger partial charge is 0.0731 e. The van der Waals surface area contributed by atoms with E-state index in [2.05, 4.69) is 157 Å². The molecule has 41 heavy (non-hydrogen) atoms. The zero-order valence-electron chi connectivity index (χ0n) is 23.0. The van der Waals surface area contributed by atoms with Gasteiger partial charge in [0, 0.05) is 9.89 Å². The van der Waals surface area contributed by atoms with E-state index in [0.717, 1.165) is 4.47 Å². The first-order chi connectivity index (χ1) is 20.0. The summed E-state index contributed by atoms with van der Waals surface area (Å²) in [5.41, 5.74) is 18.6. The van der Waals surface area contributed by atoms with Crippen LogP contribution in [0, 0.1) is 0 Å². The second-order valence-electron chi connectivity index (χ2n) is 12.2. The first-order valence-corrected chi connectivity index (χ1v) is 15.2. The van der Waals surface area contributed by atoms with Crippen LogP contribution in [0.1, 0.15) is 47.2 Å². The van der Waals surface area contributed by atoms with E-state index in [0.29, 0.717) is 0 Å². The molecule has 0 radical (unpaired) electrons. The van der Waals surface area contributed by atoms with E-state index in [4.69, 9.17) is 0 Å². The lowest BCUT2D eigenvalue weighted by Crippen LogP contribution is -2.26. The Balaban J connectivity index is 1.37. The second kappa shape index (κ2) is 7.96. The first kappa shape index (κ1) is 23.5. The van der Waals surface area contributed by atoms with E-state index in [1.807, 2.05) is 0 Å². The molecule has 0 fully saturated rings. The molecule has 0 amide bonds. The van der Waals surface area contributed by atoms with Crippen molar-refractivity contribution >= 4 is 15.9 Å². The molecule has 0 heterocycles. The van der Waals surface area contributed by atoms with Crippen LogP contribution in [0.25, 0.3) is 44.5 Å². The highest BCUT2D eigenvalue weighted by Gasteiger charge is 2.52. The molecule has 0 nitrogen and oxygen atoms in total. The van der Waals surface area contributed by atoms with Crippen LogP contribution in [0.4, 0.5) is 0 Å². The summed E-state index contributed by atoms with van der Waals surface area (Å²) in [5.74, 6) is 0. The average molecular weight is 588 g/mol. The van der Waals surface area contributed by atoms with Crippen LogP contribution in [0.5, 0.6) is 0 Å². The predicted molar refractivity (Wildman–Crippen MR) is 173 cm³/mol. The van der Waals surface area contributed by atoms with Crippen molar-refractivity contribution in [2.24, 2.45) is 0 Å². The van der Waals surface area contributed by atoms with Crippen LogP contribution in [0.15, 0.2) is 132 Å². The Labute approximate surface area is 249 Å². The molecule has 6 aromatic rings. The molecule has 0 bridgehead atoms. The molecular weight excluding hydrogens is 560 g/mol. The highest BCUT2D eigenvalue weighted by Crippen LogP contribution is 2.64. The summed E-state index contributed by atoms with van der Waals surface area (Å²) in [4.78, 5) is 0. The molecule has 1 heteroatoms. The lowest BCUT2D eigenvalue weighted by Gasteiger charge is -2.32. The van der Waals surface area contributed by atoms with Gasteiger partial charge in [-0.2, -0.15) is 0 Å². The maximum atomic E-state index is 3.72. The minimum absolute atomic E-state index is 0.0738. The Morgan fingerprint density at radius 2 is 0.878 bits per heavy atom. The van der Waals surface area contributed by atoms with E-state index >= 15 is 0 Å². The van der Waals surface area contributed by atoms with Crippen LogP contribution < -0.4 is 0 Å². The Morgan fingerprint density at radius 3 is 1.51 bits per heavy atom. The van der Waals surface area contributed by atoms with Crippen LogP contribution in [0.2, 0.25) is 0 Å². The van der Waals surface area contributed by atoms with Gasteiger partial charge in [-0.15, -0.1) is 0 Å². The molecule has 0 N–H and O–H groups in total. The summed E-state index contributed by atoms with van der Waals surface area (Å²) in [6, 6.07) is 48.0. The summed E-state index contributed by atoms with van der Waals surface area (Å²) in [7, 11) is 0. The number of rotatable bonds is 1. The molecule has 0 saturated heterocycles. The highest BCUT2D eigenvalue weighted by atomic mass is 79.9. The standard InChI is InChI=1S/C40H27Br/c1-39(2)36-22-24(18-20-30(36)31-21-19-25(41)23-37(31)39)26-13-9-14-32-29-12-5-8-17-35(29)40(38(26)32)33-15-6-3-10-27(33)28-11-4-7-16-34(28)40/h3-23H,1-2H3. The maximum absolute atomic E-state index is 3.72. The number of hydrogen-bond acceptors (Lipinski definition) is 0. The van der Waals surface area contributed by atoms with Gasteiger partial charge in [-0.25, -0.2) is 0 Å². The van der Waals surface area contributed by atoms with E-state index in [-0.39, 0.29) is 10.8 Å². The second-order valence-corrected chi connectivity index (χ2v) is 13.1. The predicted octanol–water partition coefficient (Wildman–Crippen LogP) is 10.8. The fraction of sp³-hybridized carbons (Fsp3) is 0.100. The van der Waals surface area contributed by atoms with Gasteiger partial charge in [0.15, 0.2) is 0 Å². The Kier molecular flexibility index (Phi) is 4.56. The summed E-state index contributed by atoms with van der Waals surface area (Å²) in [5, 5.41) is 0. The topological polar surface area (TPSA) is 0 Å². The third-order valence-corrected chi connectivity index (χ3v) is 10.5. The number of benzene rings is 6. The van der Waals surface area contributed by atoms with Gasteiger partial charge in [0.1, 0.15) is 0 Å². The third kappa shape index (κ3) is 2.80. The lowest BCUT2D eigenvalue weighted by atomic mass is 9.68. The fourth-order valence-corrected chi connectivity index (χ4v) is 8.63. The molecule has 0 aliphatic heterocycles. The SMILES string of the molecule is CC1(C)c2cc(Br)ccc2-c2ccc(-c3cccc4c3C3(c5ccccc5-c5ccccc53)c3ccccc3-4)cc21. The minimum atomic E-state index is -0.349. The van der Waals surface area contributed by atoms with Crippen molar-refractivity contribution in [1.29, 1.82) is 0 Å². The molecule has 1 spiro atoms. The zero-order valence-corrected chi connectivity index (χ0v) is 24.6. The van der Waals surface area contributed by atoms with Crippen molar-refractivity contribution in [3.8, 4) is 44.5 Å². The first-order valence-electron chi connectivity index (χ1n) is 14.4. The molecule has 9 rings (SSSR count). The Bertz CT molecular complexity index is 2030. The summed E-state index contributed by atoms with van der Waals surface area (Å²) in [6.07, 6.45) is 0. The number of halogens is 1. The molecule has 6 aromatic carbocycles. The fourth-order valence-electron chi connectivity index (χ4n) is 8.27. The van der Waals surface area contributed by atoms with Gasteiger partial charge in [-0.1, -0.05) is 139 Å². The molecule has 3 aliphatic carbocycles. The van der Waals surface area contributed by atoms with Gasteiger partial charge in [0.05, 0.1) is 5.41 Å². The molecule has 0 saturated carbocycles. The monoisotopic (exact) mass is 586 g/mol. The number of hydrogen-bond donors (Lipinski definition) is 0. The number of fused-ring (bicyclic) bond motifs is 13. The van der Waals surface area contributed by atoms with Crippen molar-refractivity contribution < 1.29 is 0 Å². The van der Waals surface area contributed by atoms with E-state index in [1.54, 1.807) is 0 Å². The molecule has 0 unspecified atom stereocenters. The molecule has 3 aliphatic rings. The average Bonchev–Trinajstić information content (AvgIpc) is 3.56. The smallest absolute Gasteiger partial charge is 0.0619 e. The van der Waals surface area contributed by atoms with Crippen LogP contribution in [-0.2, 0) is 10.8 Å². The van der Waals surface area contributed by atoms with Crippen LogP contribution >= 0.6 is 15.9 Å². The minimum Gasteiger partial charge on any atom is -0.0619 e. The quantitative estimate of drug-likeness (QED) is 0.179. The lowest BCUT2D eigenvalue weighted by molar-refractivity contribution is 0.660. The Hall–Kier alpha value is -4.20. The summed E-state index contributed by atoms with van der Waals surface area (Å²) >= 11 is 3.72. The van der Waals surface area contributed by atoms with Crippen molar-refractivity contribution in [2.75, 3.05) is 0 Å². The van der Waals surface area contributed by atoms with Gasteiger partial charge >= 0.3 is 0 Å². The van der Waals surface area contributed by atoms with Crippen molar-refractivity contribution in [1.82, 2.24) is 0 Å². The van der Waals surface area contributed by atoms with Gasteiger partial charge < -0.3 is 0 Å². The molecular formula is C40H27Br. The van der Waals surface area contributed by atoms with Crippen molar-refractivity contribution in [3.63, 3.8) is 0 Å². The van der Waals surface area contributed by atoms with Gasteiger partial charge in [0.25, 0.3) is 0 Å². The van der Waals surface area contributed by atoms with E-state index < -0.39 is 0 Å². The molecule has 0 atom stereocenters. The van der Waals surface area contributed by atoms with Gasteiger partial charge in [-0.3, -0.25) is 0 Å². The summed E-state index contributed by atoms with van der Waals surface area (Å²) in [6.45, 7) is 4.73. The molecule has 194 valence electrons. The van der Waals surface area contributed by atoms with Crippen LogP contribution in [-0.4, -0.2) is 0 Å². The highest BCUT2D eigenvalue weighted by molar-refractivity contribution is 9.10. The van der Waals surface area contributed by atoms with E-state index in [9.17, 15) is 0 Å². The summed E-state index contributed by atoms with van der Waals surface area (Å²) < 4.78 is 1.14. The third-order valence-electron chi connectivity index (χ3n) is 9.96. The molecule has 0 aromatic heterocycles. The maximum Gasteiger partial charge on any atom is 0.0731 e. The zero-order chi connectivity index (χ0) is 27.5. The van der Waals surface area contributed by atoms with Crippen molar-refractivity contribution in [3.05, 3.63) is 165 Å². The normalized spacial score (nSPS) is 15.6.